The lowest BCUT2D eigenvalue weighted by Gasteiger charge is -2.11. The molecule has 6 nitrogen and oxygen atoms in total. The molecule has 25 heavy (non-hydrogen) atoms. The first-order valence-corrected chi connectivity index (χ1v) is 9.38. The van der Waals surface area contributed by atoms with Crippen LogP contribution in [0.3, 0.4) is 0 Å². The Morgan fingerprint density at radius 2 is 2.00 bits per heavy atom. The Morgan fingerprint density at radius 1 is 1.20 bits per heavy atom. The molecule has 0 radical (unpaired) electrons. The highest BCUT2D eigenvalue weighted by atomic mass is 32.2. The van der Waals surface area contributed by atoms with Crippen LogP contribution in [0.1, 0.15) is 11.1 Å². The minimum absolute atomic E-state index is 0.0312. The van der Waals surface area contributed by atoms with Gasteiger partial charge in [-0.1, -0.05) is 18.2 Å². The molecule has 1 aromatic heterocycles. The first kappa shape index (κ1) is 15.9. The zero-order chi connectivity index (χ0) is 17.6. The Morgan fingerprint density at radius 3 is 2.84 bits per heavy atom. The Hall–Kier alpha value is -2.64. The van der Waals surface area contributed by atoms with Gasteiger partial charge in [-0.2, -0.15) is 0 Å². The number of aromatic nitrogens is 1. The lowest BCUT2D eigenvalue weighted by Crippen LogP contribution is -2.23. The van der Waals surface area contributed by atoms with Gasteiger partial charge in [-0.05, 0) is 35.4 Å². The van der Waals surface area contributed by atoms with Gasteiger partial charge in [0.15, 0.2) is 0 Å². The van der Waals surface area contributed by atoms with E-state index in [1.54, 1.807) is 24.1 Å². The second-order valence-electron chi connectivity index (χ2n) is 6.10. The summed E-state index contributed by atoms with van der Waals surface area (Å²) in [6.45, 7) is 0.197. The summed E-state index contributed by atoms with van der Waals surface area (Å²) in [6.07, 6.45) is 2.04. The number of fused-ring (bicyclic) bond motifs is 2. The van der Waals surface area contributed by atoms with E-state index in [9.17, 15) is 13.2 Å². The number of rotatable bonds is 4. The van der Waals surface area contributed by atoms with Crippen molar-refractivity contribution in [3.63, 3.8) is 0 Å². The number of nitrogens with zero attached hydrogens (tertiary/aromatic N) is 1. The average Bonchev–Trinajstić information content (AvgIpc) is 3.14. The number of sulfonamides is 1. The quantitative estimate of drug-likeness (QED) is 0.752. The molecule has 128 valence electrons. The number of carbonyl (C=O) groups is 1. The van der Waals surface area contributed by atoms with Crippen LogP contribution in [0.15, 0.2) is 53.6 Å². The molecule has 0 spiro atoms. The summed E-state index contributed by atoms with van der Waals surface area (Å²) in [5.74, 6) is -0.0312. The van der Waals surface area contributed by atoms with Gasteiger partial charge in [-0.15, -0.1) is 0 Å². The summed E-state index contributed by atoms with van der Waals surface area (Å²) >= 11 is 0. The zero-order valence-electron chi connectivity index (χ0n) is 13.6. The number of nitrogens with one attached hydrogen (secondary N) is 2. The van der Waals surface area contributed by atoms with Crippen LogP contribution in [0.4, 0.5) is 5.69 Å². The number of hydrogen-bond acceptors (Lipinski definition) is 3. The average molecular weight is 355 g/mol. The maximum Gasteiger partial charge on any atom is 0.240 e. The number of likely N-dealkylation sites (N-methyl/N-ethyl adjacent to an activating group) is 1. The summed E-state index contributed by atoms with van der Waals surface area (Å²) in [7, 11) is -1.96. The summed E-state index contributed by atoms with van der Waals surface area (Å²) < 4.78 is 27.9. The van der Waals surface area contributed by atoms with E-state index < -0.39 is 10.0 Å². The molecule has 2 heterocycles. The van der Waals surface area contributed by atoms with Gasteiger partial charge in [0.2, 0.25) is 15.9 Å². The maximum absolute atomic E-state index is 12.6. The van der Waals surface area contributed by atoms with E-state index in [-0.39, 0.29) is 23.8 Å². The van der Waals surface area contributed by atoms with Crippen LogP contribution in [-0.2, 0) is 27.8 Å². The SMILES string of the molecule is CN1C(=O)Cc2cc(S(=O)(=O)NCc3c[nH]c4ccccc34)ccc21. The van der Waals surface area contributed by atoms with Crippen molar-refractivity contribution >= 4 is 32.5 Å². The Labute approximate surface area is 145 Å². The highest BCUT2D eigenvalue weighted by Gasteiger charge is 2.26. The minimum atomic E-state index is -3.66. The van der Waals surface area contributed by atoms with E-state index in [0.717, 1.165) is 27.7 Å². The highest BCUT2D eigenvalue weighted by Crippen LogP contribution is 2.29. The smallest absolute Gasteiger partial charge is 0.240 e. The van der Waals surface area contributed by atoms with E-state index in [4.69, 9.17) is 0 Å². The van der Waals surface area contributed by atoms with E-state index in [1.807, 2.05) is 30.5 Å². The molecule has 1 aliphatic heterocycles. The minimum Gasteiger partial charge on any atom is -0.361 e. The number of para-hydroxylation sites is 1. The Kier molecular flexibility index (Phi) is 3.63. The fraction of sp³-hybridized carbons (Fsp3) is 0.167. The van der Waals surface area contributed by atoms with E-state index in [2.05, 4.69) is 9.71 Å². The van der Waals surface area contributed by atoms with Crippen molar-refractivity contribution in [1.82, 2.24) is 9.71 Å². The number of H-pyrrole nitrogens is 1. The molecule has 0 unspecified atom stereocenters. The van der Waals surface area contributed by atoms with Crippen molar-refractivity contribution < 1.29 is 13.2 Å². The molecule has 0 aliphatic carbocycles. The summed E-state index contributed by atoms with van der Waals surface area (Å²) in [4.78, 5) is 16.6. The van der Waals surface area contributed by atoms with E-state index in [0.29, 0.717) is 0 Å². The van der Waals surface area contributed by atoms with Crippen LogP contribution in [0.2, 0.25) is 0 Å². The molecule has 0 fully saturated rings. The molecule has 0 atom stereocenters. The molecule has 4 rings (SSSR count). The third-order valence-electron chi connectivity index (χ3n) is 4.57. The van der Waals surface area contributed by atoms with Crippen LogP contribution in [0.5, 0.6) is 0 Å². The molecule has 3 aromatic rings. The van der Waals surface area contributed by atoms with Crippen molar-refractivity contribution in [2.45, 2.75) is 17.9 Å². The van der Waals surface area contributed by atoms with Crippen molar-refractivity contribution in [3.8, 4) is 0 Å². The molecular formula is C18H17N3O3S. The van der Waals surface area contributed by atoms with Crippen molar-refractivity contribution in [2.24, 2.45) is 0 Å². The first-order chi connectivity index (χ1) is 12.0. The Bertz CT molecular complexity index is 1090. The number of amides is 1. The zero-order valence-corrected chi connectivity index (χ0v) is 14.4. The monoisotopic (exact) mass is 355 g/mol. The predicted octanol–water partition coefficient (Wildman–Crippen LogP) is 2.17. The molecule has 1 amide bonds. The van der Waals surface area contributed by atoms with Crippen molar-refractivity contribution in [2.75, 3.05) is 11.9 Å². The topological polar surface area (TPSA) is 82.3 Å². The van der Waals surface area contributed by atoms with Crippen LogP contribution in [0, 0.1) is 0 Å². The van der Waals surface area contributed by atoms with Gasteiger partial charge < -0.3 is 9.88 Å². The van der Waals surface area contributed by atoms with Gasteiger partial charge in [0, 0.05) is 36.4 Å². The summed E-state index contributed by atoms with van der Waals surface area (Å²) in [5.41, 5.74) is 3.36. The number of hydrogen-bond donors (Lipinski definition) is 2. The lowest BCUT2D eigenvalue weighted by molar-refractivity contribution is -0.117. The van der Waals surface area contributed by atoms with Gasteiger partial charge in [0.25, 0.3) is 0 Å². The second-order valence-corrected chi connectivity index (χ2v) is 7.87. The van der Waals surface area contributed by atoms with Crippen LogP contribution >= 0.6 is 0 Å². The first-order valence-electron chi connectivity index (χ1n) is 7.90. The fourth-order valence-electron chi connectivity index (χ4n) is 3.15. The largest absolute Gasteiger partial charge is 0.361 e. The molecule has 0 saturated heterocycles. The standard InChI is InChI=1S/C18H17N3O3S/c1-21-17-7-6-14(8-12(17)9-18(21)22)25(23,24)20-11-13-10-19-16-5-3-2-4-15(13)16/h2-8,10,19-20H,9,11H2,1H3. The number of anilines is 1. The summed E-state index contributed by atoms with van der Waals surface area (Å²) in [5, 5.41) is 0.992. The second kappa shape index (κ2) is 5.72. The number of aromatic amines is 1. The Balaban J connectivity index is 1.58. The summed E-state index contributed by atoms with van der Waals surface area (Å²) in [6, 6.07) is 12.5. The maximum atomic E-state index is 12.6. The molecular weight excluding hydrogens is 338 g/mol. The predicted molar refractivity (Wildman–Crippen MR) is 95.9 cm³/mol. The van der Waals surface area contributed by atoms with E-state index >= 15 is 0 Å². The van der Waals surface area contributed by atoms with Gasteiger partial charge in [0.1, 0.15) is 0 Å². The molecule has 1 aliphatic rings. The van der Waals surface area contributed by atoms with Crippen LogP contribution < -0.4 is 9.62 Å². The molecule has 0 bridgehead atoms. The van der Waals surface area contributed by atoms with E-state index in [1.165, 1.54) is 6.07 Å². The molecule has 0 saturated carbocycles. The van der Waals surface area contributed by atoms with Crippen LogP contribution in [0.25, 0.3) is 10.9 Å². The third kappa shape index (κ3) is 2.71. The van der Waals surface area contributed by atoms with Gasteiger partial charge in [-0.25, -0.2) is 13.1 Å². The van der Waals surface area contributed by atoms with Gasteiger partial charge >= 0.3 is 0 Å². The third-order valence-corrected chi connectivity index (χ3v) is 5.96. The molecule has 2 N–H and O–H groups in total. The lowest BCUT2D eigenvalue weighted by atomic mass is 10.2. The normalized spacial score (nSPS) is 14.3. The fourth-order valence-corrected chi connectivity index (χ4v) is 4.20. The number of benzene rings is 2. The van der Waals surface area contributed by atoms with Gasteiger partial charge in [0.05, 0.1) is 11.3 Å². The highest BCUT2D eigenvalue weighted by molar-refractivity contribution is 7.89. The van der Waals surface area contributed by atoms with Crippen molar-refractivity contribution in [1.29, 1.82) is 0 Å². The molecule has 2 aromatic carbocycles. The van der Waals surface area contributed by atoms with Crippen molar-refractivity contribution in [3.05, 3.63) is 59.8 Å². The van der Waals surface area contributed by atoms with Crippen LogP contribution in [-0.4, -0.2) is 26.4 Å². The van der Waals surface area contributed by atoms with Gasteiger partial charge in [-0.3, -0.25) is 4.79 Å². The molecule has 7 heteroatoms. The number of carbonyl (C=O) groups excluding carboxylic acids is 1.